The highest BCUT2D eigenvalue weighted by Gasteiger charge is 2.26. The molecule has 7 heteroatoms. The van der Waals surface area contributed by atoms with Gasteiger partial charge in [0.25, 0.3) is 0 Å². The van der Waals surface area contributed by atoms with Crippen molar-refractivity contribution in [3.05, 3.63) is 11.8 Å². The molecule has 1 atom stereocenters. The number of hydrogen-bond acceptors (Lipinski definition) is 6. The number of anilines is 2. The van der Waals surface area contributed by atoms with Crippen molar-refractivity contribution < 1.29 is 9.53 Å². The van der Waals surface area contributed by atoms with E-state index in [-0.39, 0.29) is 6.09 Å². The zero-order valence-corrected chi connectivity index (χ0v) is 16.9. The Morgan fingerprint density at radius 2 is 1.96 bits per heavy atom. The normalized spacial score (nSPS) is 21.2. The Balaban J connectivity index is 1.63. The van der Waals surface area contributed by atoms with Crippen molar-refractivity contribution in [1.29, 1.82) is 0 Å². The second-order valence-electron chi connectivity index (χ2n) is 7.55. The lowest BCUT2D eigenvalue weighted by Gasteiger charge is -2.36. The van der Waals surface area contributed by atoms with Crippen LogP contribution >= 0.6 is 0 Å². The molecule has 3 heterocycles. The molecule has 7 nitrogen and oxygen atoms in total. The van der Waals surface area contributed by atoms with Gasteiger partial charge in [-0.2, -0.15) is 4.98 Å². The number of ether oxygens (including phenoxy) is 1. The molecule has 1 aromatic heterocycles. The van der Waals surface area contributed by atoms with Gasteiger partial charge in [-0.1, -0.05) is 6.92 Å². The third-order valence-corrected chi connectivity index (χ3v) is 5.57. The fourth-order valence-corrected chi connectivity index (χ4v) is 4.07. The molecule has 2 saturated heterocycles. The van der Waals surface area contributed by atoms with Crippen LogP contribution in [-0.4, -0.2) is 59.3 Å². The standard InChI is InChI=1S/C20H33N5O2/c1-4-17-8-6-7-11-25(17)19-21-15(3)14-18(23-19)22-16-9-12-24(13-10-16)20(26)27-5-2/h14,16-17H,4-13H2,1-3H3,(H,21,22,23). The maximum atomic E-state index is 11.8. The second-order valence-corrected chi connectivity index (χ2v) is 7.55. The number of nitrogens with one attached hydrogen (secondary N) is 1. The molecule has 0 saturated carbocycles. The number of aryl methyl sites for hydroxylation is 1. The summed E-state index contributed by atoms with van der Waals surface area (Å²) in [4.78, 5) is 25.6. The lowest BCUT2D eigenvalue weighted by molar-refractivity contribution is 0.0983. The van der Waals surface area contributed by atoms with Crippen LogP contribution in [0.1, 0.15) is 58.1 Å². The fourth-order valence-electron chi connectivity index (χ4n) is 4.07. The van der Waals surface area contributed by atoms with Gasteiger partial charge in [-0.25, -0.2) is 9.78 Å². The molecule has 0 aromatic carbocycles. The predicted molar refractivity (Wildman–Crippen MR) is 107 cm³/mol. The van der Waals surface area contributed by atoms with Gasteiger partial charge >= 0.3 is 6.09 Å². The molecular weight excluding hydrogens is 342 g/mol. The van der Waals surface area contributed by atoms with Crippen molar-refractivity contribution in [2.75, 3.05) is 36.5 Å². The van der Waals surface area contributed by atoms with E-state index < -0.39 is 0 Å². The molecule has 1 N–H and O–H groups in total. The minimum atomic E-state index is -0.202. The molecule has 1 unspecified atom stereocenters. The number of nitrogens with zero attached hydrogens (tertiary/aromatic N) is 4. The first-order chi connectivity index (χ1) is 13.1. The maximum Gasteiger partial charge on any atom is 0.409 e. The van der Waals surface area contributed by atoms with E-state index in [1.165, 1.54) is 19.3 Å². The predicted octanol–water partition coefficient (Wildman–Crippen LogP) is 3.59. The van der Waals surface area contributed by atoms with Gasteiger partial charge < -0.3 is 19.9 Å². The van der Waals surface area contributed by atoms with E-state index in [1.54, 1.807) is 4.90 Å². The molecule has 0 aliphatic carbocycles. The van der Waals surface area contributed by atoms with Crippen LogP contribution in [0.2, 0.25) is 0 Å². The summed E-state index contributed by atoms with van der Waals surface area (Å²) in [7, 11) is 0. The average molecular weight is 376 g/mol. The Labute approximate surface area is 162 Å². The van der Waals surface area contributed by atoms with Crippen LogP contribution in [0.5, 0.6) is 0 Å². The monoisotopic (exact) mass is 375 g/mol. The molecule has 1 aromatic rings. The van der Waals surface area contributed by atoms with Crippen LogP contribution in [0.25, 0.3) is 0 Å². The molecule has 0 bridgehead atoms. The summed E-state index contributed by atoms with van der Waals surface area (Å²) in [5, 5.41) is 3.57. The van der Waals surface area contributed by atoms with Crippen LogP contribution in [0.4, 0.5) is 16.6 Å². The Hall–Kier alpha value is -2.05. The summed E-state index contributed by atoms with van der Waals surface area (Å²) in [5.41, 5.74) is 0.992. The van der Waals surface area contributed by atoms with E-state index in [0.717, 1.165) is 56.4 Å². The Morgan fingerprint density at radius 3 is 2.67 bits per heavy atom. The maximum absolute atomic E-state index is 11.8. The zero-order valence-electron chi connectivity index (χ0n) is 16.9. The third kappa shape index (κ3) is 5.02. The van der Waals surface area contributed by atoms with Crippen molar-refractivity contribution in [1.82, 2.24) is 14.9 Å². The minimum absolute atomic E-state index is 0.202. The summed E-state index contributed by atoms with van der Waals surface area (Å²) in [5.74, 6) is 1.75. The zero-order chi connectivity index (χ0) is 19.2. The number of amides is 1. The third-order valence-electron chi connectivity index (χ3n) is 5.57. The molecular formula is C20H33N5O2. The SMILES string of the molecule is CCOC(=O)N1CCC(Nc2cc(C)nc(N3CCCCC3CC)n2)CC1. The Bertz CT molecular complexity index is 631. The van der Waals surface area contributed by atoms with Crippen LogP contribution < -0.4 is 10.2 Å². The molecule has 27 heavy (non-hydrogen) atoms. The van der Waals surface area contributed by atoms with Gasteiger partial charge in [0.1, 0.15) is 5.82 Å². The highest BCUT2D eigenvalue weighted by atomic mass is 16.6. The number of carbonyl (C=O) groups excluding carboxylic acids is 1. The van der Waals surface area contributed by atoms with Gasteiger partial charge in [0.05, 0.1) is 6.61 Å². The fraction of sp³-hybridized carbons (Fsp3) is 0.750. The average Bonchev–Trinajstić information content (AvgIpc) is 2.68. The van der Waals surface area contributed by atoms with Gasteiger partial charge in [0.2, 0.25) is 5.95 Å². The molecule has 1 amide bonds. The number of piperidine rings is 2. The highest BCUT2D eigenvalue weighted by molar-refractivity contribution is 5.67. The lowest BCUT2D eigenvalue weighted by Crippen LogP contribution is -2.43. The summed E-state index contributed by atoms with van der Waals surface area (Å²) in [6.07, 6.45) is 6.46. The summed E-state index contributed by atoms with van der Waals surface area (Å²) >= 11 is 0. The number of aromatic nitrogens is 2. The van der Waals surface area contributed by atoms with E-state index >= 15 is 0 Å². The molecule has 2 fully saturated rings. The second kappa shape index (κ2) is 9.24. The smallest absolute Gasteiger partial charge is 0.409 e. The van der Waals surface area contributed by atoms with Crippen LogP contribution in [0.15, 0.2) is 6.07 Å². The molecule has 2 aliphatic heterocycles. The summed E-state index contributed by atoms with van der Waals surface area (Å²) in [6.45, 7) is 9.02. The Kier molecular flexibility index (Phi) is 6.74. The first-order valence-corrected chi connectivity index (χ1v) is 10.4. The van der Waals surface area contributed by atoms with Gasteiger partial charge in [-0.15, -0.1) is 0 Å². The van der Waals surface area contributed by atoms with Crippen molar-refractivity contribution >= 4 is 17.9 Å². The molecule has 0 spiro atoms. The molecule has 3 rings (SSSR count). The largest absolute Gasteiger partial charge is 0.450 e. The van der Waals surface area contributed by atoms with Crippen LogP contribution in [0.3, 0.4) is 0 Å². The number of rotatable bonds is 5. The van der Waals surface area contributed by atoms with E-state index in [0.29, 0.717) is 18.7 Å². The van der Waals surface area contributed by atoms with Crippen molar-refractivity contribution in [3.63, 3.8) is 0 Å². The van der Waals surface area contributed by atoms with E-state index in [9.17, 15) is 4.79 Å². The minimum Gasteiger partial charge on any atom is -0.450 e. The van der Waals surface area contributed by atoms with Crippen molar-refractivity contribution in [2.45, 2.75) is 71.4 Å². The van der Waals surface area contributed by atoms with E-state index in [1.807, 2.05) is 19.9 Å². The topological polar surface area (TPSA) is 70.6 Å². The lowest BCUT2D eigenvalue weighted by atomic mass is 10.0. The first kappa shape index (κ1) is 19.7. The van der Waals surface area contributed by atoms with Gasteiger partial charge in [-0.05, 0) is 52.4 Å². The molecule has 2 aliphatic rings. The van der Waals surface area contributed by atoms with Crippen LogP contribution in [-0.2, 0) is 4.74 Å². The van der Waals surface area contributed by atoms with E-state index in [2.05, 4.69) is 17.1 Å². The highest BCUT2D eigenvalue weighted by Crippen LogP contribution is 2.26. The molecule has 0 radical (unpaired) electrons. The summed E-state index contributed by atoms with van der Waals surface area (Å²) < 4.78 is 5.09. The van der Waals surface area contributed by atoms with Gasteiger partial charge in [0, 0.05) is 43.5 Å². The van der Waals surface area contributed by atoms with E-state index in [4.69, 9.17) is 14.7 Å². The van der Waals surface area contributed by atoms with Gasteiger partial charge in [0.15, 0.2) is 0 Å². The van der Waals surface area contributed by atoms with Crippen LogP contribution in [0, 0.1) is 6.92 Å². The van der Waals surface area contributed by atoms with Gasteiger partial charge in [-0.3, -0.25) is 0 Å². The quantitative estimate of drug-likeness (QED) is 0.848. The van der Waals surface area contributed by atoms with Crippen molar-refractivity contribution in [2.24, 2.45) is 0 Å². The molecule has 150 valence electrons. The number of hydrogen-bond donors (Lipinski definition) is 1. The summed E-state index contributed by atoms with van der Waals surface area (Å²) in [6, 6.07) is 2.88. The number of carbonyl (C=O) groups is 1. The van der Waals surface area contributed by atoms with Crippen molar-refractivity contribution in [3.8, 4) is 0 Å². The first-order valence-electron chi connectivity index (χ1n) is 10.4. The Morgan fingerprint density at radius 1 is 1.19 bits per heavy atom. The number of likely N-dealkylation sites (tertiary alicyclic amines) is 1.